The zero-order chi connectivity index (χ0) is 15.5. The van der Waals surface area contributed by atoms with Crippen LogP contribution >= 0.6 is 0 Å². The maximum atomic E-state index is 12.7. The minimum Gasteiger partial charge on any atom is -0.398 e. The van der Waals surface area contributed by atoms with Gasteiger partial charge in [0.15, 0.2) is 0 Å². The fourth-order valence-electron chi connectivity index (χ4n) is 2.29. The molecule has 0 aromatic heterocycles. The molecule has 1 aromatic carbocycles. The van der Waals surface area contributed by atoms with Crippen LogP contribution in [0, 0.1) is 20.8 Å². The van der Waals surface area contributed by atoms with E-state index >= 15 is 0 Å². The number of rotatable bonds is 6. The number of hydrogen-bond donors (Lipinski definition) is 1. The number of nitrogens with two attached hydrogens (primary N) is 1. The average Bonchev–Trinajstić information content (AvgIpc) is 2.36. The summed E-state index contributed by atoms with van der Waals surface area (Å²) in [5.74, 6) is 0. The molecule has 0 saturated carbocycles. The molecular weight excluding hydrogens is 272 g/mol. The molecule has 114 valence electrons. The topological polar surface area (TPSA) is 63.4 Å². The van der Waals surface area contributed by atoms with Gasteiger partial charge in [-0.15, -0.1) is 0 Å². The van der Waals surface area contributed by atoms with Gasteiger partial charge >= 0.3 is 0 Å². The third kappa shape index (κ3) is 3.33. The molecule has 0 aliphatic carbocycles. The monoisotopic (exact) mass is 298 g/mol. The summed E-state index contributed by atoms with van der Waals surface area (Å²) >= 11 is 0. The first-order chi connectivity index (χ1) is 9.23. The Bertz CT molecular complexity index is 554. The van der Waals surface area contributed by atoms with Gasteiger partial charge in [-0.25, -0.2) is 12.7 Å². The van der Waals surface area contributed by atoms with Crippen LogP contribution in [-0.4, -0.2) is 26.3 Å². The Hall–Kier alpha value is -1.07. The molecule has 0 saturated heterocycles. The second-order valence-corrected chi connectivity index (χ2v) is 7.38. The van der Waals surface area contributed by atoms with Crippen LogP contribution in [0.15, 0.2) is 11.0 Å². The van der Waals surface area contributed by atoms with Gasteiger partial charge in [0.2, 0.25) is 10.0 Å². The Morgan fingerprint density at radius 2 is 1.75 bits per heavy atom. The van der Waals surface area contributed by atoms with Gasteiger partial charge in [0, 0.05) is 19.3 Å². The molecule has 0 heterocycles. The highest BCUT2D eigenvalue weighted by atomic mass is 32.2. The summed E-state index contributed by atoms with van der Waals surface area (Å²) in [6.07, 6.45) is 2.99. The van der Waals surface area contributed by atoms with E-state index in [4.69, 9.17) is 5.73 Å². The highest BCUT2D eigenvalue weighted by molar-refractivity contribution is 7.89. The van der Waals surface area contributed by atoms with Crippen molar-refractivity contribution < 1.29 is 8.42 Å². The molecule has 0 aliphatic rings. The van der Waals surface area contributed by atoms with Crippen molar-refractivity contribution in [1.29, 1.82) is 0 Å². The molecule has 0 atom stereocenters. The molecular formula is C15H26N2O2S. The minimum atomic E-state index is -3.47. The first-order valence-corrected chi connectivity index (χ1v) is 8.50. The van der Waals surface area contributed by atoms with Crippen LogP contribution in [0.25, 0.3) is 0 Å². The molecule has 0 bridgehead atoms. The van der Waals surface area contributed by atoms with Gasteiger partial charge in [-0.05, 0) is 49.9 Å². The van der Waals surface area contributed by atoms with Crippen molar-refractivity contribution in [3.63, 3.8) is 0 Å². The number of anilines is 1. The van der Waals surface area contributed by atoms with E-state index in [0.717, 1.165) is 30.4 Å². The van der Waals surface area contributed by atoms with Crippen molar-refractivity contribution in [1.82, 2.24) is 4.31 Å². The van der Waals surface area contributed by atoms with Gasteiger partial charge in [0.05, 0.1) is 4.90 Å². The van der Waals surface area contributed by atoms with Gasteiger partial charge in [-0.2, -0.15) is 0 Å². The summed E-state index contributed by atoms with van der Waals surface area (Å²) < 4.78 is 26.9. The van der Waals surface area contributed by atoms with E-state index in [-0.39, 0.29) is 0 Å². The first-order valence-electron chi connectivity index (χ1n) is 7.06. The van der Waals surface area contributed by atoms with Crippen LogP contribution in [0.2, 0.25) is 0 Å². The van der Waals surface area contributed by atoms with E-state index in [2.05, 4.69) is 6.92 Å². The quantitative estimate of drug-likeness (QED) is 0.648. The van der Waals surface area contributed by atoms with Crippen molar-refractivity contribution in [2.75, 3.05) is 19.3 Å². The van der Waals surface area contributed by atoms with Crippen LogP contribution < -0.4 is 5.73 Å². The van der Waals surface area contributed by atoms with Crippen molar-refractivity contribution in [2.24, 2.45) is 0 Å². The molecule has 0 radical (unpaired) electrons. The molecule has 0 spiro atoms. The predicted molar refractivity (Wildman–Crippen MR) is 84.4 cm³/mol. The lowest BCUT2D eigenvalue weighted by atomic mass is 10.1. The summed E-state index contributed by atoms with van der Waals surface area (Å²) in [7, 11) is -1.83. The smallest absolute Gasteiger partial charge is 0.243 e. The van der Waals surface area contributed by atoms with E-state index in [0.29, 0.717) is 22.7 Å². The number of benzene rings is 1. The number of nitrogens with zero attached hydrogens (tertiary/aromatic N) is 1. The summed E-state index contributed by atoms with van der Waals surface area (Å²) in [5, 5.41) is 0. The van der Waals surface area contributed by atoms with Crippen molar-refractivity contribution in [2.45, 2.75) is 51.9 Å². The SMILES string of the molecule is CCCCCN(C)S(=O)(=O)c1c(C)c(C)cc(N)c1C. The molecule has 1 rings (SSSR count). The Morgan fingerprint density at radius 3 is 2.30 bits per heavy atom. The molecule has 0 unspecified atom stereocenters. The standard InChI is InChI=1S/C15H26N2O2S/c1-6-7-8-9-17(5)20(18,19)15-12(3)11(2)10-14(16)13(15)4/h10H,6-9,16H2,1-5H3. The van der Waals surface area contributed by atoms with Crippen LogP contribution in [-0.2, 0) is 10.0 Å². The van der Waals surface area contributed by atoms with E-state index < -0.39 is 10.0 Å². The van der Waals surface area contributed by atoms with Crippen LogP contribution in [0.3, 0.4) is 0 Å². The molecule has 20 heavy (non-hydrogen) atoms. The molecule has 4 nitrogen and oxygen atoms in total. The number of nitrogen functional groups attached to an aromatic ring is 1. The van der Waals surface area contributed by atoms with E-state index in [9.17, 15) is 8.42 Å². The average molecular weight is 298 g/mol. The summed E-state index contributed by atoms with van der Waals surface area (Å²) in [5.41, 5.74) is 8.81. The summed E-state index contributed by atoms with van der Waals surface area (Å²) in [6, 6.07) is 1.83. The third-order valence-corrected chi connectivity index (χ3v) is 5.95. The van der Waals surface area contributed by atoms with E-state index in [1.165, 1.54) is 4.31 Å². The van der Waals surface area contributed by atoms with Crippen LogP contribution in [0.5, 0.6) is 0 Å². The number of aryl methyl sites for hydroxylation is 1. The maximum absolute atomic E-state index is 12.7. The van der Waals surface area contributed by atoms with Crippen molar-refractivity contribution in [3.05, 3.63) is 22.8 Å². The zero-order valence-corrected chi connectivity index (χ0v) is 14.0. The van der Waals surface area contributed by atoms with Gasteiger partial charge in [0.25, 0.3) is 0 Å². The fourth-order valence-corrected chi connectivity index (χ4v) is 4.02. The molecule has 1 aromatic rings. The Morgan fingerprint density at radius 1 is 1.15 bits per heavy atom. The molecule has 0 aliphatic heterocycles. The Labute approximate surface area is 123 Å². The Kier molecular flexibility index (Phi) is 5.59. The predicted octanol–water partition coefficient (Wildman–Crippen LogP) is 3.00. The molecule has 2 N–H and O–H groups in total. The Balaban J connectivity index is 3.22. The lowest BCUT2D eigenvalue weighted by molar-refractivity contribution is 0.453. The second-order valence-electron chi connectivity index (χ2n) is 5.40. The maximum Gasteiger partial charge on any atom is 0.243 e. The van der Waals surface area contributed by atoms with Gasteiger partial charge in [-0.1, -0.05) is 19.8 Å². The van der Waals surface area contributed by atoms with Crippen molar-refractivity contribution in [3.8, 4) is 0 Å². The highest BCUT2D eigenvalue weighted by Gasteiger charge is 2.26. The zero-order valence-electron chi connectivity index (χ0n) is 13.2. The van der Waals surface area contributed by atoms with E-state index in [1.807, 2.05) is 19.9 Å². The summed E-state index contributed by atoms with van der Waals surface area (Å²) in [6.45, 7) is 8.15. The van der Waals surface area contributed by atoms with Gasteiger partial charge in [-0.3, -0.25) is 0 Å². The van der Waals surface area contributed by atoms with Crippen molar-refractivity contribution >= 4 is 15.7 Å². The number of unbranched alkanes of at least 4 members (excludes halogenated alkanes) is 2. The number of hydrogen-bond acceptors (Lipinski definition) is 3. The van der Waals surface area contributed by atoms with Crippen LogP contribution in [0.4, 0.5) is 5.69 Å². The van der Waals surface area contributed by atoms with Gasteiger partial charge < -0.3 is 5.73 Å². The number of sulfonamides is 1. The largest absolute Gasteiger partial charge is 0.398 e. The van der Waals surface area contributed by atoms with E-state index in [1.54, 1.807) is 14.0 Å². The molecule has 0 amide bonds. The lowest BCUT2D eigenvalue weighted by Crippen LogP contribution is -2.29. The molecule has 5 heteroatoms. The third-order valence-electron chi connectivity index (χ3n) is 3.82. The van der Waals surface area contributed by atoms with Crippen LogP contribution in [0.1, 0.15) is 42.9 Å². The highest BCUT2D eigenvalue weighted by Crippen LogP contribution is 2.29. The van der Waals surface area contributed by atoms with Gasteiger partial charge in [0.1, 0.15) is 0 Å². The normalized spacial score (nSPS) is 12.1. The fraction of sp³-hybridized carbons (Fsp3) is 0.600. The first kappa shape index (κ1) is 17.0. The minimum absolute atomic E-state index is 0.369. The summed E-state index contributed by atoms with van der Waals surface area (Å²) in [4.78, 5) is 0.369. The molecule has 0 fully saturated rings. The lowest BCUT2D eigenvalue weighted by Gasteiger charge is -2.21. The second kappa shape index (κ2) is 6.59.